The van der Waals surface area contributed by atoms with Crippen LogP contribution in [0.15, 0.2) is 36.7 Å². The molecule has 2 atom stereocenters. The summed E-state index contributed by atoms with van der Waals surface area (Å²) in [6, 6.07) is 6.17. The maximum absolute atomic E-state index is 14.0. The molecular formula is C19H22FN3O2. The number of rotatable bonds is 2. The molecule has 1 aromatic carbocycles. The number of halogens is 1. The van der Waals surface area contributed by atoms with Crippen LogP contribution in [-0.2, 0) is 11.8 Å². The molecule has 0 radical (unpaired) electrons. The predicted molar refractivity (Wildman–Crippen MR) is 90.8 cm³/mol. The second kappa shape index (κ2) is 6.26. The minimum atomic E-state index is -0.465. The van der Waals surface area contributed by atoms with Gasteiger partial charge in [0, 0.05) is 32.3 Å². The van der Waals surface area contributed by atoms with E-state index in [1.807, 2.05) is 19.4 Å². The molecule has 0 N–H and O–H groups in total. The zero-order valence-corrected chi connectivity index (χ0v) is 14.3. The Morgan fingerprint density at radius 2 is 2.24 bits per heavy atom. The molecular weight excluding hydrogens is 321 g/mol. The summed E-state index contributed by atoms with van der Waals surface area (Å²) in [5, 5.41) is 4.24. The van der Waals surface area contributed by atoms with Crippen molar-refractivity contribution in [2.45, 2.75) is 30.8 Å². The van der Waals surface area contributed by atoms with Crippen LogP contribution in [0.4, 0.5) is 4.39 Å². The van der Waals surface area contributed by atoms with E-state index in [2.05, 4.69) is 5.10 Å². The molecule has 6 heteroatoms. The molecule has 1 amide bonds. The highest BCUT2D eigenvalue weighted by molar-refractivity contribution is 5.94. The molecule has 2 saturated heterocycles. The minimum absolute atomic E-state index is 0.140. The number of carbonyl (C=O) groups excluding carboxylic acids is 1. The van der Waals surface area contributed by atoms with E-state index in [0.717, 1.165) is 19.3 Å². The van der Waals surface area contributed by atoms with Crippen molar-refractivity contribution in [1.29, 1.82) is 0 Å². The zero-order valence-electron chi connectivity index (χ0n) is 14.3. The Hall–Kier alpha value is -2.21. The number of likely N-dealkylation sites (tertiary alicyclic amines) is 1. The smallest absolute Gasteiger partial charge is 0.256 e. The van der Waals surface area contributed by atoms with Gasteiger partial charge in [0.2, 0.25) is 0 Å². The lowest BCUT2D eigenvalue weighted by Crippen LogP contribution is -2.50. The van der Waals surface area contributed by atoms with Crippen LogP contribution in [-0.4, -0.2) is 45.9 Å². The molecule has 1 spiro atoms. The van der Waals surface area contributed by atoms with Crippen molar-refractivity contribution in [1.82, 2.24) is 14.7 Å². The second-order valence-electron chi connectivity index (χ2n) is 7.15. The van der Waals surface area contributed by atoms with Gasteiger partial charge in [-0.2, -0.15) is 5.10 Å². The second-order valence-corrected chi connectivity index (χ2v) is 7.15. The standard InChI is InChI=1S/C19H22FN3O2/c1-22-11-15(10-21-22)14-9-19(25-12-14)7-4-8-23(13-19)18(24)16-5-2-3-6-17(16)20/h2-3,5-6,10-11,14H,4,7-9,12-13H2,1H3/t14-,19-/m0/s1. The number of benzene rings is 1. The fourth-order valence-corrected chi connectivity index (χ4v) is 4.07. The summed E-state index contributed by atoms with van der Waals surface area (Å²) in [4.78, 5) is 14.5. The van der Waals surface area contributed by atoms with Crippen LogP contribution in [0, 0.1) is 5.82 Å². The quantitative estimate of drug-likeness (QED) is 0.842. The van der Waals surface area contributed by atoms with Gasteiger partial charge in [-0.1, -0.05) is 12.1 Å². The van der Waals surface area contributed by atoms with Gasteiger partial charge in [-0.3, -0.25) is 9.48 Å². The summed E-state index contributed by atoms with van der Waals surface area (Å²) in [7, 11) is 1.91. The molecule has 0 unspecified atom stereocenters. The third-order valence-corrected chi connectivity index (χ3v) is 5.34. The monoisotopic (exact) mass is 343 g/mol. The SMILES string of the molecule is Cn1cc([C@@H]2CO[C@@]3(CCCN(C(=O)c4ccccc4F)C3)C2)cn1. The highest BCUT2D eigenvalue weighted by Gasteiger charge is 2.45. The van der Waals surface area contributed by atoms with Gasteiger partial charge in [0.05, 0.1) is 24.0 Å². The molecule has 0 bridgehead atoms. The van der Waals surface area contributed by atoms with E-state index in [1.54, 1.807) is 27.8 Å². The average Bonchev–Trinajstić information content (AvgIpc) is 3.22. The molecule has 0 aliphatic carbocycles. The summed E-state index contributed by atoms with van der Waals surface area (Å²) < 4.78 is 21.9. The van der Waals surface area contributed by atoms with Crippen molar-refractivity contribution in [2.24, 2.45) is 7.05 Å². The number of aryl methyl sites for hydroxylation is 1. The van der Waals surface area contributed by atoms with Crippen LogP contribution >= 0.6 is 0 Å². The first-order chi connectivity index (χ1) is 12.1. The normalized spacial score (nSPS) is 26.3. The number of hydrogen-bond acceptors (Lipinski definition) is 3. The Morgan fingerprint density at radius 3 is 3.00 bits per heavy atom. The van der Waals surface area contributed by atoms with Crippen molar-refractivity contribution in [3.63, 3.8) is 0 Å². The summed E-state index contributed by atoms with van der Waals surface area (Å²) in [6.07, 6.45) is 6.60. The van der Waals surface area contributed by atoms with Crippen molar-refractivity contribution < 1.29 is 13.9 Å². The molecule has 4 rings (SSSR count). The Balaban J connectivity index is 1.50. The summed E-state index contributed by atoms with van der Waals surface area (Å²) in [6.45, 7) is 1.82. The van der Waals surface area contributed by atoms with Crippen LogP contribution in [0.3, 0.4) is 0 Å². The molecule has 2 fully saturated rings. The van der Waals surface area contributed by atoms with Gasteiger partial charge in [-0.05, 0) is 37.0 Å². The lowest BCUT2D eigenvalue weighted by atomic mass is 9.84. The van der Waals surface area contributed by atoms with Gasteiger partial charge < -0.3 is 9.64 Å². The maximum atomic E-state index is 14.0. The van der Waals surface area contributed by atoms with Gasteiger partial charge in [0.1, 0.15) is 5.82 Å². The minimum Gasteiger partial charge on any atom is -0.372 e. The van der Waals surface area contributed by atoms with Crippen molar-refractivity contribution in [3.05, 3.63) is 53.6 Å². The van der Waals surface area contributed by atoms with E-state index in [4.69, 9.17) is 4.74 Å². The molecule has 5 nitrogen and oxygen atoms in total. The number of amides is 1. The summed E-state index contributed by atoms with van der Waals surface area (Å²) in [5.74, 6) is -0.407. The summed E-state index contributed by atoms with van der Waals surface area (Å²) >= 11 is 0. The van der Waals surface area contributed by atoms with E-state index >= 15 is 0 Å². The summed E-state index contributed by atoms with van der Waals surface area (Å²) in [5.41, 5.74) is 0.998. The van der Waals surface area contributed by atoms with Crippen LogP contribution in [0.5, 0.6) is 0 Å². The first-order valence-electron chi connectivity index (χ1n) is 8.73. The predicted octanol–water partition coefficient (Wildman–Crippen LogP) is 2.74. The largest absolute Gasteiger partial charge is 0.372 e. The van der Waals surface area contributed by atoms with Gasteiger partial charge in [0.25, 0.3) is 5.91 Å². The third kappa shape index (κ3) is 3.06. The van der Waals surface area contributed by atoms with Crippen molar-refractivity contribution in [2.75, 3.05) is 19.7 Å². The van der Waals surface area contributed by atoms with Gasteiger partial charge >= 0.3 is 0 Å². The van der Waals surface area contributed by atoms with E-state index in [1.165, 1.54) is 11.6 Å². The lowest BCUT2D eigenvalue weighted by molar-refractivity contribution is -0.0448. The molecule has 0 saturated carbocycles. The van der Waals surface area contributed by atoms with Gasteiger partial charge in [0.15, 0.2) is 0 Å². The van der Waals surface area contributed by atoms with Gasteiger partial charge in [-0.15, -0.1) is 0 Å². The molecule has 2 aliphatic heterocycles. The molecule has 3 heterocycles. The fourth-order valence-electron chi connectivity index (χ4n) is 4.07. The van der Waals surface area contributed by atoms with E-state index < -0.39 is 5.82 Å². The van der Waals surface area contributed by atoms with E-state index in [-0.39, 0.29) is 17.1 Å². The zero-order chi connectivity index (χ0) is 17.4. The molecule has 2 aliphatic rings. The number of nitrogens with zero attached hydrogens (tertiary/aromatic N) is 3. The molecule has 1 aromatic heterocycles. The van der Waals surface area contributed by atoms with Crippen LogP contribution < -0.4 is 0 Å². The fraction of sp³-hybridized carbons (Fsp3) is 0.474. The van der Waals surface area contributed by atoms with E-state index in [0.29, 0.717) is 25.6 Å². The Morgan fingerprint density at radius 1 is 1.40 bits per heavy atom. The van der Waals surface area contributed by atoms with Gasteiger partial charge in [-0.25, -0.2) is 4.39 Å². The number of ether oxygens (including phenoxy) is 1. The number of hydrogen-bond donors (Lipinski definition) is 0. The van der Waals surface area contributed by atoms with Crippen LogP contribution in [0.2, 0.25) is 0 Å². The molecule has 132 valence electrons. The molecule has 2 aromatic rings. The highest BCUT2D eigenvalue weighted by Crippen LogP contribution is 2.41. The topological polar surface area (TPSA) is 47.4 Å². The Labute approximate surface area is 146 Å². The first-order valence-corrected chi connectivity index (χ1v) is 8.73. The van der Waals surface area contributed by atoms with Crippen LogP contribution in [0.1, 0.15) is 41.1 Å². The van der Waals surface area contributed by atoms with Crippen molar-refractivity contribution >= 4 is 5.91 Å². The Bertz CT molecular complexity index is 790. The lowest BCUT2D eigenvalue weighted by Gasteiger charge is -2.39. The highest BCUT2D eigenvalue weighted by atomic mass is 19.1. The van der Waals surface area contributed by atoms with Crippen LogP contribution in [0.25, 0.3) is 0 Å². The number of piperidine rings is 1. The van der Waals surface area contributed by atoms with E-state index in [9.17, 15) is 9.18 Å². The first kappa shape index (κ1) is 16.3. The average molecular weight is 343 g/mol. The molecule has 25 heavy (non-hydrogen) atoms. The number of carbonyl (C=O) groups is 1. The third-order valence-electron chi connectivity index (χ3n) is 5.34. The van der Waals surface area contributed by atoms with Crippen molar-refractivity contribution in [3.8, 4) is 0 Å². The Kier molecular flexibility index (Phi) is 4.07. The number of aromatic nitrogens is 2. The maximum Gasteiger partial charge on any atom is 0.256 e.